The first kappa shape index (κ1) is 16.5. The maximum atomic E-state index is 4.60. The SMILES string of the molecule is CC(C)(C)c1ccc(-c2ncnc3c2ncn3Cc2ccccc2)cc1. The highest BCUT2D eigenvalue weighted by Gasteiger charge is 2.15. The van der Waals surface area contributed by atoms with Crippen molar-refractivity contribution < 1.29 is 0 Å². The molecule has 0 N–H and O–H groups in total. The molecule has 0 radical (unpaired) electrons. The van der Waals surface area contributed by atoms with Crippen molar-refractivity contribution in [2.45, 2.75) is 32.7 Å². The van der Waals surface area contributed by atoms with Crippen LogP contribution in [0.15, 0.2) is 67.3 Å². The lowest BCUT2D eigenvalue weighted by Gasteiger charge is -2.19. The molecular weight excluding hydrogens is 320 g/mol. The van der Waals surface area contributed by atoms with Crippen LogP contribution in [0.1, 0.15) is 31.9 Å². The number of hydrogen-bond acceptors (Lipinski definition) is 3. The van der Waals surface area contributed by atoms with Gasteiger partial charge in [-0.3, -0.25) is 0 Å². The van der Waals surface area contributed by atoms with E-state index in [4.69, 9.17) is 0 Å². The minimum absolute atomic E-state index is 0.136. The average Bonchev–Trinajstić information content (AvgIpc) is 3.05. The van der Waals surface area contributed by atoms with Gasteiger partial charge in [-0.1, -0.05) is 75.4 Å². The molecule has 130 valence electrons. The zero-order chi connectivity index (χ0) is 18.1. The van der Waals surface area contributed by atoms with Crippen LogP contribution in [0.2, 0.25) is 0 Å². The van der Waals surface area contributed by atoms with Gasteiger partial charge in [-0.2, -0.15) is 0 Å². The molecule has 0 saturated heterocycles. The molecule has 4 heteroatoms. The first-order valence-corrected chi connectivity index (χ1v) is 8.83. The second kappa shape index (κ2) is 6.37. The Hall–Kier alpha value is -3.01. The van der Waals surface area contributed by atoms with Crippen molar-refractivity contribution in [2.75, 3.05) is 0 Å². The van der Waals surface area contributed by atoms with E-state index < -0.39 is 0 Å². The smallest absolute Gasteiger partial charge is 0.164 e. The molecule has 0 atom stereocenters. The number of benzene rings is 2. The molecule has 0 aliphatic carbocycles. The van der Waals surface area contributed by atoms with Crippen LogP contribution < -0.4 is 0 Å². The van der Waals surface area contributed by atoms with Gasteiger partial charge in [0, 0.05) is 5.56 Å². The summed E-state index contributed by atoms with van der Waals surface area (Å²) in [6.45, 7) is 7.40. The Kier molecular flexibility index (Phi) is 4.03. The maximum absolute atomic E-state index is 4.60. The fourth-order valence-electron chi connectivity index (χ4n) is 3.12. The van der Waals surface area contributed by atoms with Crippen LogP contribution in [0, 0.1) is 0 Å². The van der Waals surface area contributed by atoms with Gasteiger partial charge in [-0.15, -0.1) is 0 Å². The van der Waals surface area contributed by atoms with E-state index in [9.17, 15) is 0 Å². The lowest BCUT2D eigenvalue weighted by molar-refractivity contribution is 0.590. The molecule has 0 saturated carbocycles. The van der Waals surface area contributed by atoms with Crippen LogP contribution in [-0.2, 0) is 12.0 Å². The minimum atomic E-state index is 0.136. The fourth-order valence-corrected chi connectivity index (χ4v) is 3.12. The van der Waals surface area contributed by atoms with Gasteiger partial charge in [0.25, 0.3) is 0 Å². The summed E-state index contributed by atoms with van der Waals surface area (Å²) in [5.74, 6) is 0. The average molecular weight is 342 g/mol. The Morgan fingerprint density at radius 2 is 1.58 bits per heavy atom. The first-order valence-electron chi connectivity index (χ1n) is 8.83. The second-order valence-corrected chi connectivity index (χ2v) is 7.58. The molecule has 26 heavy (non-hydrogen) atoms. The van der Waals surface area contributed by atoms with Crippen molar-refractivity contribution in [1.82, 2.24) is 19.5 Å². The Labute approximate surface area is 153 Å². The lowest BCUT2D eigenvalue weighted by atomic mass is 9.86. The molecule has 0 fully saturated rings. The molecule has 0 spiro atoms. The highest BCUT2D eigenvalue weighted by molar-refractivity contribution is 5.87. The molecule has 2 aromatic carbocycles. The Morgan fingerprint density at radius 3 is 2.27 bits per heavy atom. The van der Waals surface area contributed by atoms with Gasteiger partial charge >= 0.3 is 0 Å². The number of rotatable bonds is 3. The third-order valence-electron chi connectivity index (χ3n) is 4.62. The normalized spacial score (nSPS) is 11.8. The molecule has 2 heterocycles. The summed E-state index contributed by atoms with van der Waals surface area (Å²) < 4.78 is 2.07. The van der Waals surface area contributed by atoms with Crippen LogP contribution >= 0.6 is 0 Å². The standard InChI is InChI=1S/C22H22N4/c1-22(2,3)18-11-9-17(10-12-18)19-20-21(24-14-23-19)26(15-25-20)13-16-7-5-4-6-8-16/h4-12,14-15H,13H2,1-3H3. The Bertz CT molecular complexity index is 1030. The van der Waals surface area contributed by atoms with E-state index in [2.05, 4.69) is 76.7 Å². The van der Waals surface area contributed by atoms with Crippen molar-refractivity contribution in [3.63, 3.8) is 0 Å². The van der Waals surface area contributed by atoms with Crippen molar-refractivity contribution in [2.24, 2.45) is 0 Å². The van der Waals surface area contributed by atoms with E-state index in [0.717, 1.165) is 29.0 Å². The zero-order valence-electron chi connectivity index (χ0n) is 15.3. The highest BCUT2D eigenvalue weighted by Crippen LogP contribution is 2.28. The monoisotopic (exact) mass is 342 g/mol. The number of fused-ring (bicyclic) bond motifs is 1. The predicted molar refractivity (Wildman–Crippen MR) is 105 cm³/mol. The van der Waals surface area contributed by atoms with Crippen molar-refractivity contribution in [3.8, 4) is 11.3 Å². The van der Waals surface area contributed by atoms with Crippen molar-refractivity contribution in [1.29, 1.82) is 0 Å². The van der Waals surface area contributed by atoms with Gasteiger partial charge in [-0.05, 0) is 16.5 Å². The number of nitrogens with zero attached hydrogens (tertiary/aromatic N) is 4. The first-order chi connectivity index (χ1) is 12.5. The third-order valence-corrected chi connectivity index (χ3v) is 4.62. The van der Waals surface area contributed by atoms with E-state index in [1.54, 1.807) is 6.33 Å². The molecular formula is C22H22N4. The number of hydrogen-bond donors (Lipinski definition) is 0. The number of aromatic nitrogens is 4. The lowest BCUT2D eigenvalue weighted by Crippen LogP contribution is -2.10. The molecule has 0 aliphatic heterocycles. The summed E-state index contributed by atoms with van der Waals surface area (Å²) in [6.07, 6.45) is 3.47. The highest BCUT2D eigenvalue weighted by atomic mass is 15.1. The second-order valence-electron chi connectivity index (χ2n) is 7.58. The topological polar surface area (TPSA) is 43.6 Å². The Morgan fingerprint density at radius 1 is 0.846 bits per heavy atom. The summed E-state index contributed by atoms with van der Waals surface area (Å²) in [5.41, 5.74) is 6.31. The predicted octanol–water partition coefficient (Wildman–Crippen LogP) is 4.84. The van der Waals surface area contributed by atoms with E-state index in [0.29, 0.717) is 0 Å². The van der Waals surface area contributed by atoms with E-state index in [1.807, 2.05) is 24.5 Å². The quantitative estimate of drug-likeness (QED) is 0.535. The third kappa shape index (κ3) is 3.10. The molecule has 2 aromatic heterocycles. The minimum Gasteiger partial charge on any atom is -0.311 e. The summed E-state index contributed by atoms with van der Waals surface area (Å²) in [6, 6.07) is 18.9. The fraction of sp³-hybridized carbons (Fsp3) is 0.227. The number of imidazole rings is 1. The van der Waals surface area contributed by atoms with Gasteiger partial charge in [-0.25, -0.2) is 15.0 Å². The van der Waals surface area contributed by atoms with Gasteiger partial charge in [0.15, 0.2) is 5.65 Å². The van der Waals surface area contributed by atoms with Crippen molar-refractivity contribution in [3.05, 3.63) is 78.4 Å². The summed E-state index contributed by atoms with van der Waals surface area (Å²) >= 11 is 0. The van der Waals surface area contributed by atoms with E-state index >= 15 is 0 Å². The van der Waals surface area contributed by atoms with Gasteiger partial charge in [0.2, 0.25) is 0 Å². The van der Waals surface area contributed by atoms with Crippen LogP contribution in [0.4, 0.5) is 0 Å². The van der Waals surface area contributed by atoms with Crippen LogP contribution in [0.25, 0.3) is 22.4 Å². The largest absolute Gasteiger partial charge is 0.311 e. The molecule has 4 nitrogen and oxygen atoms in total. The van der Waals surface area contributed by atoms with E-state index in [-0.39, 0.29) is 5.41 Å². The molecule has 4 aromatic rings. The van der Waals surface area contributed by atoms with E-state index in [1.165, 1.54) is 11.1 Å². The molecule has 0 amide bonds. The van der Waals surface area contributed by atoms with Gasteiger partial charge < -0.3 is 4.57 Å². The molecule has 0 bridgehead atoms. The molecule has 0 aliphatic rings. The molecule has 0 unspecified atom stereocenters. The summed E-state index contributed by atoms with van der Waals surface area (Å²) in [5, 5.41) is 0. The Balaban J connectivity index is 1.73. The van der Waals surface area contributed by atoms with Crippen molar-refractivity contribution >= 4 is 11.2 Å². The van der Waals surface area contributed by atoms with Crippen LogP contribution in [-0.4, -0.2) is 19.5 Å². The van der Waals surface area contributed by atoms with Gasteiger partial charge in [0.05, 0.1) is 12.9 Å². The zero-order valence-corrected chi connectivity index (χ0v) is 15.3. The van der Waals surface area contributed by atoms with Crippen LogP contribution in [0.3, 0.4) is 0 Å². The summed E-state index contributed by atoms with van der Waals surface area (Å²) in [4.78, 5) is 13.6. The van der Waals surface area contributed by atoms with Crippen LogP contribution in [0.5, 0.6) is 0 Å². The molecule has 4 rings (SSSR count). The summed E-state index contributed by atoms with van der Waals surface area (Å²) in [7, 11) is 0. The van der Waals surface area contributed by atoms with Gasteiger partial charge in [0.1, 0.15) is 17.5 Å². The maximum Gasteiger partial charge on any atom is 0.164 e.